The first-order valence-corrected chi connectivity index (χ1v) is 15.9. The second kappa shape index (κ2) is 11.4. The minimum atomic E-state index is -7.91. The van der Waals surface area contributed by atoms with Crippen molar-refractivity contribution in [2.45, 2.75) is 92.1 Å². The predicted octanol–water partition coefficient (Wildman–Crippen LogP) is 8.32. The molecule has 0 aliphatic carbocycles. The molecule has 1 aromatic rings. The van der Waals surface area contributed by atoms with Crippen LogP contribution in [0.25, 0.3) is 0 Å². The van der Waals surface area contributed by atoms with E-state index in [1.807, 2.05) is 0 Å². The molecule has 3 nitrogen and oxygen atoms in total. The largest absolute Gasteiger partial charge is 0.460 e. The van der Waals surface area contributed by atoms with Crippen molar-refractivity contribution in [2.24, 2.45) is 0 Å². The van der Waals surface area contributed by atoms with Gasteiger partial charge in [0.15, 0.2) is 0 Å². The Morgan fingerprint density at radius 2 is 1.15 bits per heavy atom. The van der Waals surface area contributed by atoms with Crippen LogP contribution in [0, 0.1) is 6.92 Å². The molecule has 0 saturated carbocycles. The Balaban J connectivity index is 2.81. The summed E-state index contributed by atoms with van der Waals surface area (Å²) in [5, 5.41) is 0. The van der Waals surface area contributed by atoms with Crippen LogP contribution in [-0.4, -0.2) is 58.9 Å². The SMILES string of the molecule is Cc1ccc(S(=O)(=O)OCCCC[Si](C)(C)CCC(F)(F)C(F)(F)C(F)(F)C(F)(F)C(F)(F)C(F)(F)F)cc1. The highest BCUT2D eigenvalue weighted by atomic mass is 32.2. The zero-order valence-electron chi connectivity index (χ0n) is 20.6. The Hall–Kier alpha value is -1.56. The van der Waals surface area contributed by atoms with Crippen molar-refractivity contribution >= 4 is 18.2 Å². The van der Waals surface area contributed by atoms with Crippen LogP contribution >= 0.6 is 0 Å². The Morgan fingerprint density at radius 1 is 0.692 bits per heavy atom. The van der Waals surface area contributed by atoms with Crippen LogP contribution in [0.2, 0.25) is 25.2 Å². The van der Waals surface area contributed by atoms with Crippen molar-refractivity contribution in [1.29, 1.82) is 0 Å². The standard InChI is InChI=1S/C21H25F13O3SSi/c1-14-6-8-15(9-7-14)38(35,36)37-11-4-5-12-39(2,3)13-10-16(22,23)17(24,25)18(26,27)19(28,29)20(30,31)21(32,33)34/h6-9H,4-5,10-13H2,1-3H3. The molecule has 1 aromatic carbocycles. The van der Waals surface area contributed by atoms with E-state index in [4.69, 9.17) is 4.18 Å². The molecule has 0 amide bonds. The van der Waals surface area contributed by atoms with E-state index < -0.39 is 66.4 Å². The lowest BCUT2D eigenvalue weighted by atomic mass is 9.93. The maximum absolute atomic E-state index is 14.0. The molecular formula is C21H25F13O3SSi. The molecule has 0 bridgehead atoms. The van der Waals surface area contributed by atoms with Crippen molar-refractivity contribution in [1.82, 2.24) is 0 Å². The van der Waals surface area contributed by atoms with Gasteiger partial charge in [-0.2, -0.15) is 65.5 Å². The molecule has 39 heavy (non-hydrogen) atoms. The summed E-state index contributed by atoms with van der Waals surface area (Å²) in [5.74, 6) is -36.8. The Bertz CT molecular complexity index is 1070. The second-order valence-corrected chi connectivity index (χ2v) is 16.7. The molecule has 228 valence electrons. The highest BCUT2D eigenvalue weighted by molar-refractivity contribution is 7.86. The van der Waals surface area contributed by atoms with Crippen LogP contribution in [0.3, 0.4) is 0 Å². The molecule has 0 N–H and O–H groups in total. The van der Waals surface area contributed by atoms with E-state index in [0.29, 0.717) is 0 Å². The monoisotopic (exact) mass is 632 g/mol. The summed E-state index contributed by atoms with van der Waals surface area (Å²) in [5.41, 5.74) is 0.779. The van der Waals surface area contributed by atoms with E-state index in [2.05, 4.69) is 0 Å². The third kappa shape index (κ3) is 7.40. The molecule has 0 atom stereocenters. The van der Waals surface area contributed by atoms with Gasteiger partial charge in [0.05, 0.1) is 11.5 Å². The van der Waals surface area contributed by atoms with Gasteiger partial charge in [-0.1, -0.05) is 49.3 Å². The first-order valence-electron chi connectivity index (χ1n) is 11.1. The summed E-state index contributed by atoms with van der Waals surface area (Å²) in [6.07, 6.45) is -9.52. The van der Waals surface area contributed by atoms with Gasteiger partial charge in [-0.05, 0) is 25.5 Å². The third-order valence-corrected chi connectivity index (χ3v) is 10.5. The summed E-state index contributed by atoms with van der Waals surface area (Å²) in [4.78, 5) is -0.138. The number of aryl methyl sites for hydroxylation is 1. The zero-order chi connectivity index (χ0) is 30.9. The van der Waals surface area contributed by atoms with Crippen LogP contribution in [0.5, 0.6) is 0 Å². The number of unbranched alkanes of at least 4 members (excludes halogenated alkanes) is 1. The van der Waals surface area contributed by atoms with Gasteiger partial charge in [0.25, 0.3) is 10.1 Å². The fourth-order valence-electron chi connectivity index (χ4n) is 3.23. The molecule has 0 aliphatic heterocycles. The highest BCUT2D eigenvalue weighted by Crippen LogP contribution is 2.61. The maximum Gasteiger partial charge on any atom is 0.460 e. The van der Waals surface area contributed by atoms with Crippen LogP contribution in [0.4, 0.5) is 57.1 Å². The van der Waals surface area contributed by atoms with Gasteiger partial charge >= 0.3 is 35.8 Å². The van der Waals surface area contributed by atoms with Crippen molar-refractivity contribution in [3.05, 3.63) is 29.8 Å². The molecule has 0 heterocycles. The number of hydrogen-bond acceptors (Lipinski definition) is 3. The number of halogens is 13. The van der Waals surface area contributed by atoms with Gasteiger partial charge in [0.1, 0.15) is 0 Å². The lowest BCUT2D eigenvalue weighted by Crippen LogP contribution is -2.70. The molecule has 0 radical (unpaired) electrons. The molecule has 0 aromatic heterocycles. The van der Waals surface area contributed by atoms with E-state index in [1.165, 1.54) is 37.4 Å². The van der Waals surface area contributed by atoms with E-state index >= 15 is 0 Å². The van der Waals surface area contributed by atoms with E-state index in [1.54, 1.807) is 6.92 Å². The molecule has 1 rings (SSSR count). The number of hydrogen-bond donors (Lipinski definition) is 0. The zero-order valence-corrected chi connectivity index (χ0v) is 22.4. The van der Waals surface area contributed by atoms with Gasteiger partial charge in [-0.25, -0.2) is 0 Å². The van der Waals surface area contributed by atoms with Crippen LogP contribution in [-0.2, 0) is 14.3 Å². The first kappa shape index (κ1) is 35.5. The molecule has 0 saturated heterocycles. The smallest absolute Gasteiger partial charge is 0.266 e. The van der Waals surface area contributed by atoms with Crippen molar-refractivity contribution in [2.75, 3.05) is 6.61 Å². The summed E-state index contributed by atoms with van der Waals surface area (Å²) < 4.78 is 201. The molecule has 18 heteroatoms. The maximum atomic E-state index is 14.0. The fraction of sp³-hybridized carbons (Fsp3) is 0.714. The minimum absolute atomic E-state index is 0.0152. The van der Waals surface area contributed by atoms with Gasteiger partial charge in [-0.3, -0.25) is 4.18 Å². The summed E-state index contributed by atoms with van der Waals surface area (Å²) in [6.45, 7) is 3.99. The van der Waals surface area contributed by atoms with E-state index in [9.17, 15) is 65.5 Å². The van der Waals surface area contributed by atoms with Crippen LogP contribution in [0.1, 0.15) is 24.8 Å². The molecule has 0 aliphatic rings. The average Bonchev–Trinajstić information content (AvgIpc) is 2.76. The summed E-state index contributed by atoms with van der Waals surface area (Å²) in [6, 6.07) is 4.70. The Kier molecular flexibility index (Phi) is 10.3. The molecular weight excluding hydrogens is 607 g/mol. The van der Waals surface area contributed by atoms with E-state index in [-0.39, 0.29) is 30.4 Å². The number of benzene rings is 1. The lowest BCUT2D eigenvalue weighted by Gasteiger charge is -2.40. The highest BCUT2D eigenvalue weighted by Gasteiger charge is 2.90. The van der Waals surface area contributed by atoms with Crippen molar-refractivity contribution in [3.8, 4) is 0 Å². The normalized spacial score (nSPS) is 15.1. The van der Waals surface area contributed by atoms with Crippen LogP contribution in [0.15, 0.2) is 29.2 Å². The average molecular weight is 633 g/mol. The van der Waals surface area contributed by atoms with E-state index in [0.717, 1.165) is 5.56 Å². The van der Waals surface area contributed by atoms with Crippen LogP contribution < -0.4 is 0 Å². The quantitative estimate of drug-likeness (QED) is 0.0897. The number of rotatable bonds is 14. The summed E-state index contributed by atoms with van der Waals surface area (Å²) >= 11 is 0. The lowest BCUT2D eigenvalue weighted by molar-refractivity contribution is -0.439. The molecule has 0 unspecified atom stereocenters. The second-order valence-electron chi connectivity index (χ2n) is 9.71. The van der Waals surface area contributed by atoms with Gasteiger partial charge in [0, 0.05) is 14.5 Å². The third-order valence-electron chi connectivity index (χ3n) is 5.91. The molecule has 0 fully saturated rings. The minimum Gasteiger partial charge on any atom is -0.266 e. The van der Waals surface area contributed by atoms with Crippen molar-refractivity contribution < 1.29 is 69.7 Å². The van der Waals surface area contributed by atoms with Crippen molar-refractivity contribution in [3.63, 3.8) is 0 Å². The predicted molar refractivity (Wildman–Crippen MR) is 116 cm³/mol. The van der Waals surface area contributed by atoms with Gasteiger partial charge in [0.2, 0.25) is 0 Å². The van der Waals surface area contributed by atoms with Gasteiger partial charge in [-0.15, -0.1) is 0 Å². The van der Waals surface area contributed by atoms with Gasteiger partial charge < -0.3 is 0 Å². The number of alkyl halides is 13. The summed E-state index contributed by atoms with van der Waals surface area (Å²) in [7, 11) is -7.12. The molecule has 0 spiro atoms. The first-order chi connectivity index (χ1) is 17.2. The fourth-order valence-corrected chi connectivity index (χ4v) is 6.62. The topological polar surface area (TPSA) is 43.4 Å². The Morgan fingerprint density at radius 3 is 1.62 bits per heavy atom. The Labute approximate surface area is 216 Å².